The van der Waals surface area contributed by atoms with Crippen LogP contribution in [0.15, 0.2) is 24.3 Å². The van der Waals surface area contributed by atoms with Crippen molar-refractivity contribution in [3.8, 4) is 0 Å². The lowest BCUT2D eigenvalue weighted by Gasteiger charge is -2.37. The fourth-order valence-corrected chi connectivity index (χ4v) is 5.31. The molecule has 1 aromatic carbocycles. The highest BCUT2D eigenvalue weighted by Crippen LogP contribution is 2.60. The topological polar surface area (TPSA) is 32.3 Å². The third-order valence-corrected chi connectivity index (χ3v) is 6.96. The maximum Gasteiger partial charge on any atom is 0.227 e. The Balaban J connectivity index is 0.00000157. The van der Waals surface area contributed by atoms with Crippen LogP contribution in [0.2, 0.25) is 0 Å². The summed E-state index contributed by atoms with van der Waals surface area (Å²) in [5, 5.41) is 3.46. The molecule has 0 bridgehead atoms. The van der Waals surface area contributed by atoms with Crippen molar-refractivity contribution in [3.63, 3.8) is 0 Å². The van der Waals surface area contributed by atoms with E-state index < -0.39 is 0 Å². The first-order valence-corrected chi connectivity index (χ1v) is 9.89. The quantitative estimate of drug-likeness (QED) is 0.887. The Morgan fingerprint density at radius 2 is 1.88 bits per heavy atom. The molecule has 3 aliphatic carbocycles. The largest absolute Gasteiger partial charge is 0.332 e. The minimum Gasteiger partial charge on any atom is -0.332 e. The number of hydrogen-bond donors (Lipinski definition) is 1. The number of nitrogens with one attached hydrogen (secondary N) is 1. The number of carbonyl (C=O) groups excluding carboxylic acids is 1. The molecule has 4 heteroatoms. The summed E-state index contributed by atoms with van der Waals surface area (Å²) in [6.45, 7) is 2.19. The summed E-state index contributed by atoms with van der Waals surface area (Å²) in [6.07, 6.45) is 9.52. The molecule has 136 valence electrons. The van der Waals surface area contributed by atoms with Gasteiger partial charge in [0.15, 0.2) is 0 Å². The second kappa shape index (κ2) is 6.59. The number of hydrogen-bond acceptors (Lipinski definition) is 2. The lowest BCUT2D eigenvalue weighted by Crippen LogP contribution is -2.41. The average Bonchev–Trinajstić information content (AvgIpc) is 3.54. The smallest absolute Gasteiger partial charge is 0.227 e. The van der Waals surface area contributed by atoms with Crippen LogP contribution in [-0.4, -0.2) is 29.9 Å². The van der Waals surface area contributed by atoms with Crippen molar-refractivity contribution >= 4 is 18.3 Å². The molecule has 0 aromatic heterocycles. The summed E-state index contributed by atoms with van der Waals surface area (Å²) in [5.41, 5.74) is 3.26. The molecule has 2 atom stereocenters. The first kappa shape index (κ1) is 17.4. The van der Waals surface area contributed by atoms with E-state index in [1.165, 1.54) is 49.7 Å². The molecule has 1 heterocycles. The van der Waals surface area contributed by atoms with Crippen molar-refractivity contribution < 1.29 is 4.79 Å². The molecule has 1 saturated heterocycles. The van der Waals surface area contributed by atoms with Crippen molar-refractivity contribution in [3.05, 3.63) is 35.4 Å². The summed E-state index contributed by atoms with van der Waals surface area (Å²) in [6, 6.07) is 9.70. The van der Waals surface area contributed by atoms with Crippen LogP contribution in [0.1, 0.15) is 62.1 Å². The summed E-state index contributed by atoms with van der Waals surface area (Å²) in [4.78, 5) is 15.8. The van der Waals surface area contributed by atoms with Gasteiger partial charge in [0.05, 0.1) is 6.04 Å². The molecule has 1 spiro atoms. The van der Waals surface area contributed by atoms with Crippen LogP contribution >= 0.6 is 12.4 Å². The van der Waals surface area contributed by atoms with Crippen LogP contribution in [-0.2, 0) is 11.2 Å². The number of halogens is 1. The number of amides is 1. The van der Waals surface area contributed by atoms with E-state index in [-0.39, 0.29) is 12.4 Å². The van der Waals surface area contributed by atoms with E-state index in [0.29, 0.717) is 29.3 Å². The average molecular weight is 361 g/mol. The molecule has 2 saturated carbocycles. The van der Waals surface area contributed by atoms with Gasteiger partial charge in [0.1, 0.15) is 0 Å². The fourth-order valence-electron chi connectivity index (χ4n) is 5.31. The van der Waals surface area contributed by atoms with Gasteiger partial charge in [-0.1, -0.05) is 24.3 Å². The van der Waals surface area contributed by atoms with Gasteiger partial charge in [-0.05, 0) is 81.0 Å². The third-order valence-electron chi connectivity index (χ3n) is 6.96. The highest BCUT2D eigenvalue weighted by atomic mass is 35.5. The molecule has 25 heavy (non-hydrogen) atoms. The van der Waals surface area contributed by atoms with E-state index in [1.807, 2.05) is 0 Å². The Kier molecular flexibility index (Phi) is 4.57. The number of benzene rings is 1. The zero-order chi connectivity index (χ0) is 16.1. The van der Waals surface area contributed by atoms with Gasteiger partial charge in [-0.3, -0.25) is 4.79 Å². The van der Waals surface area contributed by atoms with Gasteiger partial charge in [0.2, 0.25) is 5.91 Å². The van der Waals surface area contributed by atoms with E-state index in [9.17, 15) is 4.79 Å². The van der Waals surface area contributed by atoms with E-state index in [0.717, 1.165) is 25.9 Å². The SMILES string of the molecule is Cl.O=C(C1CC12CCNCC2)N(C1CC1)C1CCCc2ccccc21. The predicted octanol–water partition coefficient (Wildman–Crippen LogP) is 3.87. The maximum atomic E-state index is 13.5. The molecule has 0 radical (unpaired) electrons. The Hall–Kier alpha value is -1.06. The van der Waals surface area contributed by atoms with E-state index in [2.05, 4.69) is 34.5 Å². The highest BCUT2D eigenvalue weighted by Gasteiger charge is 2.60. The molecule has 4 aliphatic rings. The first-order chi connectivity index (χ1) is 11.8. The zero-order valence-electron chi connectivity index (χ0n) is 14.9. The summed E-state index contributed by atoms with van der Waals surface area (Å²) >= 11 is 0. The standard InChI is InChI=1S/C21H28N2O.ClH/c24-20(18-14-21(18)10-12-22-13-11-21)23(16-8-9-16)19-7-3-5-15-4-1-2-6-17(15)19;/h1-2,4,6,16,18-19,22H,3,5,7-14H2;1H. The summed E-state index contributed by atoms with van der Waals surface area (Å²) in [7, 11) is 0. The molecule has 1 N–H and O–H groups in total. The Morgan fingerprint density at radius 3 is 2.64 bits per heavy atom. The molecule has 1 aliphatic heterocycles. The number of aryl methyl sites for hydroxylation is 1. The molecule has 2 unspecified atom stereocenters. The Morgan fingerprint density at radius 1 is 1.12 bits per heavy atom. The van der Waals surface area contributed by atoms with Crippen LogP contribution in [0.25, 0.3) is 0 Å². The molecule has 3 nitrogen and oxygen atoms in total. The minimum atomic E-state index is 0. The number of fused-ring (bicyclic) bond motifs is 1. The van der Waals surface area contributed by atoms with Crippen LogP contribution in [0.3, 0.4) is 0 Å². The van der Waals surface area contributed by atoms with Gasteiger partial charge in [-0.25, -0.2) is 0 Å². The zero-order valence-corrected chi connectivity index (χ0v) is 15.7. The second-order valence-corrected chi connectivity index (χ2v) is 8.45. The second-order valence-electron chi connectivity index (χ2n) is 8.45. The highest BCUT2D eigenvalue weighted by molar-refractivity contribution is 5.85. The van der Waals surface area contributed by atoms with Crippen molar-refractivity contribution in [1.29, 1.82) is 0 Å². The lowest BCUT2D eigenvalue weighted by molar-refractivity contribution is -0.137. The number of piperidine rings is 1. The molecule has 5 rings (SSSR count). The van der Waals surface area contributed by atoms with E-state index in [1.54, 1.807) is 0 Å². The number of carbonyl (C=O) groups is 1. The van der Waals surface area contributed by atoms with Crippen molar-refractivity contribution in [2.75, 3.05) is 13.1 Å². The molecule has 1 amide bonds. The normalized spacial score (nSPS) is 29.4. The van der Waals surface area contributed by atoms with Crippen LogP contribution in [0.4, 0.5) is 0 Å². The molecule has 3 fully saturated rings. The fraction of sp³-hybridized carbons (Fsp3) is 0.667. The van der Waals surface area contributed by atoms with Gasteiger partial charge in [-0.2, -0.15) is 0 Å². The lowest BCUT2D eigenvalue weighted by atomic mass is 9.86. The number of rotatable bonds is 3. The van der Waals surface area contributed by atoms with Crippen LogP contribution < -0.4 is 5.32 Å². The predicted molar refractivity (Wildman–Crippen MR) is 102 cm³/mol. The van der Waals surface area contributed by atoms with Gasteiger partial charge in [0, 0.05) is 12.0 Å². The van der Waals surface area contributed by atoms with Crippen LogP contribution in [0.5, 0.6) is 0 Å². The monoisotopic (exact) mass is 360 g/mol. The Bertz CT molecular complexity index is 651. The van der Waals surface area contributed by atoms with Gasteiger partial charge in [-0.15, -0.1) is 12.4 Å². The van der Waals surface area contributed by atoms with Crippen molar-refractivity contribution in [1.82, 2.24) is 10.2 Å². The Labute approximate surface area is 157 Å². The van der Waals surface area contributed by atoms with E-state index in [4.69, 9.17) is 0 Å². The van der Waals surface area contributed by atoms with Crippen molar-refractivity contribution in [2.24, 2.45) is 11.3 Å². The minimum absolute atomic E-state index is 0. The summed E-state index contributed by atoms with van der Waals surface area (Å²) in [5.74, 6) is 0.801. The molecular formula is C21H29ClN2O. The van der Waals surface area contributed by atoms with Gasteiger partial charge in [0.25, 0.3) is 0 Å². The maximum absolute atomic E-state index is 13.5. The first-order valence-electron chi connectivity index (χ1n) is 9.89. The van der Waals surface area contributed by atoms with Crippen LogP contribution in [0, 0.1) is 11.3 Å². The van der Waals surface area contributed by atoms with E-state index >= 15 is 0 Å². The van der Waals surface area contributed by atoms with Crippen molar-refractivity contribution in [2.45, 2.75) is 63.5 Å². The summed E-state index contributed by atoms with van der Waals surface area (Å²) < 4.78 is 0. The molecular weight excluding hydrogens is 332 g/mol. The van der Waals surface area contributed by atoms with Gasteiger partial charge < -0.3 is 10.2 Å². The number of nitrogens with zero attached hydrogens (tertiary/aromatic N) is 1. The third kappa shape index (κ3) is 3.00. The molecule has 1 aromatic rings. The van der Waals surface area contributed by atoms with Gasteiger partial charge >= 0.3 is 0 Å².